The van der Waals surface area contributed by atoms with Crippen LogP contribution in [0.15, 0.2) is 53.6 Å². The maximum absolute atomic E-state index is 10.7. The van der Waals surface area contributed by atoms with Crippen LogP contribution in [0.5, 0.6) is 5.75 Å². The second-order valence-corrected chi connectivity index (χ2v) is 5.02. The molecule has 0 radical (unpaired) electrons. The molecule has 0 aliphatic heterocycles. The summed E-state index contributed by atoms with van der Waals surface area (Å²) in [7, 11) is 0. The summed E-state index contributed by atoms with van der Waals surface area (Å²) in [6, 6.07) is 13.2. The zero-order chi connectivity index (χ0) is 16.1. The molecule has 1 N–H and O–H groups in total. The van der Waals surface area contributed by atoms with E-state index in [4.69, 9.17) is 0 Å². The third-order valence-corrected chi connectivity index (χ3v) is 3.07. The third-order valence-electron chi connectivity index (χ3n) is 3.07. The Labute approximate surface area is 128 Å². The van der Waals surface area contributed by atoms with Gasteiger partial charge in [-0.1, -0.05) is 12.1 Å². The van der Waals surface area contributed by atoms with Crippen LogP contribution in [-0.2, 0) is 0 Å². The third kappa shape index (κ3) is 3.60. The smallest absolute Gasteiger partial charge is 0.269 e. The minimum absolute atomic E-state index is 0.0390. The summed E-state index contributed by atoms with van der Waals surface area (Å²) in [4.78, 5) is 10.3. The molecule has 2 aromatic carbocycles. The molecular weight excluding hydrogens is 282 g/mol. The van der Waals surface area contributed by atoms with Crippen LogP contribution in [0.4, 0.5) is 11.4 Å². The Morgan fingerprint density at radius 3 is 2.36 bits per heavy atom. The highest BCUT2D eigenvalue weighted by molar-refractivity contribution is 5.84. The predicted molar refractivity (Wildman–Crippen MR) is 86.4 cm³/mol. The van der Waals surface area contributed by atoms with Crippen LogP contribution in [0.1, 0.15) is 19.4 Å². The number of para-hydroxylation sites is 1. The number of phenolic OH excluding ortho intramolecular Hbond substituents is 1. The topological polar surface area (TPSA) is 79.0 Å². The maximum Gasteiger partial charge on any atom is 0.269 e. The molecule has 0 amide bonds. The van der Waals surface area contributed by atoms with Gasteiger partial charge >= 0.3 is 0 Å². The van der Waals surface area contributed by atoms with Crippen LogP contribution in [0.3, 0.4) is 0 Å². The minimum atomic E-state index is -0.436. The lowest BCUT2D eigenvalue weighted by molar-refractivity contribution is -0.384. The average Bonchev–Trinajstić information content (AvgIpc) is 2.49. The molecular formula is C16H17N3O3. The molecule has 0 aliphatic rings. The number of hydrogen-bond acceptors (Lipinski definition) is 5. The van der Waals surface area contributed by atoms with Crippen LogP contribution in [0.2, 0.25) is 0 Å². The van der Waals surface area contributed by atoms with Gasteiger partial charge in [0, 0.05) is 23.7 Å². The molecule has 2 aromatic rings. The van der Waals surface area contributed by atoms with Gasteiger partial charge in [-0.3, -0.25) is 15.1 Å². The van der Waals surface area contributed by atoms with E-state index in [1.165, 1.54) is 12.1 Å². The van der Waals surface area contributed by atoms with Gasteiger partial charge in [0.1, 0.15) is 5.75 Å². The van der Waals surface area contributed by atoms with E-state index >= 15 is 0 Å². The molecule has 22 heavy (non-hydrogen) atoms. The van der Waals surface area contributed by atoms with Crippen molar-refractivity contribution in [3.63, 3.8) is 0 Å². The first kappa shape index (κ1) is 15.5. The first-order valence-electron chi connectivity index (χ1n) is 6.84. The van der Waals surface area contributed by atoms with E-state index in [0.29, 0.717) is 5.56 Å². The highest BCUT2D eigenvalue weighted by Gasteiger charge is 2.11. The molecule has 0 aromatic heterocycles. The molecule has 6 heteroatoms. The molecule has 6 nitrogen and oxygen atoms in total. The molecule has 0 bridgehead atoms. The summed E-state index contributed by atoms with van der Waals surface area (Å²) >= 11 is 0. The van der Waals surface area contributed by atoms with Gasteiger partial charge in [-0.05, 0) is 38.1 Å². The molecule has 0 spiro atoms. The molecule has 2 rings (SSSR count). The number of nitro benzene ring substituents is 1. The van der Waals surface area contributed by atoms with Crippen molar-refractivity contribution < 1.29 is 10.0 Å². The lowest BCUT2D eigenvalue weighted by Gasteiger charge is -2.23. The first-order chi connectivity index (χ1) is 10.5. The number of nitro groups is 1. The number of non-ortho nitro benzene ring substituents is 1. The van der Waals surface area contributed by atoms with Crippen LogP contribution in [-0.4, -0.2) is 22.3 Å². The fourth-order valence-corrected chi connectivity index (χ4v) is 1.95. The Kier molecular flexibility index (Phi) is 4.73. The molecule has 0 fully saturated rings. The highest BCUT2D eigenvalue weighted by atomic mass is 16.6. The van der Waals surface area contributed by atoms with E-state index in [1.807, 2.05) is 19.9 Å². The van der Waals surface area contributed by atoms with Crippen molar-refractivity contribution in [3.8, 4) is 5.75 Å². The summed E-state index contributed by atoms with van der Waals surface area (Å²) in [5.41, 5.74) is 1.39. The van der Waals surface area contributed by atoms with Gasteiger partial charge in [0.25, 0.3) is 5.69 Å². The Hall–Kier alpha value is -2.89. The van der Waals surface area contributed by atoms with Gasteiger partial charge in [-0.2, -0.15) is 5.10 Å². The van der Waals surface area contributed by atoms with Crippen molar-refractivity contribution in [3.05, 3.63) is 64.2 Å². The quantitative estimate of drug-likeness (QED) is 0.520. The minimum Gasteiger partial charge on any atom is -0.507 e. The molecule has 114 valence electrons. The van der Waals surface area contributed by atoms with Crippen molar-refractivity contribution in [2.45, 2.75) is 19.9 Å². The molecule has 0 saturated heterocycles. The summed E-state index contributed by atoms with van der Waals surface area (Å²) in [5.74, 6) is 0.152. The van der Waals surface area contributed by atoms with E-state index in [1.54, 1.807) is 41.6 Å². The van der Waals surface area contributed by atoms with E-state index < -0.39 is 4.92 Å². The van der Waals surface area contributed by atoms with Gasteiger partial charge in [-0.25, -0.2) is 0 Å². The number of benzene rings is 2. The van der Waals surface area contributed by atoms with Gasteiger partial charge in [0.05, 0.1) is 16.8 Å². The highest BCUT2D eigenvalue weighted by Crippen LogP contribution is 2.22. The average molecular weight is 299 g/mol. The Morgan fingerprint density at radius 2 is 1.82 bits per heavy atom. The summed E-state index contributed by atoms with van der Waals surface area (Å²) in [6.07, 6.45) is 1.57. The monoisotopic (exact) mass is 299 g/mol. The van der Waals surface area contributed by atoms with Gasteiger partial charge in [0.2, 0.25) is 0 Å². The van der Waals surface area contributed by atoms with E-state index in [0.717, 1.165) is 5.69 Å². The molecule has 0 aliphatic carbocycles. The number of hydrogen-bond donors (Lipinski definition) is 1. The van der Waals surface area contributed by atoms with Crippen molar-refractivity contribution in [2.24, 2.45) is 5.10 Å². The number of phenols is 1. The van der Waals surface area contributed by atoms with Crippen LogP contribution in [0, 0.1) is 10.1 Å². The lowest BCUT2D eigenvalue weighted by atomic mass is 10.2. The van der Waals surface area contributed by atoms with Gasteiger partial charge < -0.3 is 5.11 Å². The molecule has 0 unspecified atom stereocenters. The zero-order valence-electron chi connectivity index (χ0n) is 12.4. The second-order valence-electron chi connectivity index (χ2n) is 5.02. The van der Waals surface area contributed by atoms with Crippen LogP contribution in [0.25, 0.3) is 0 Å². The second kappa shape index (κ2) is 6.71. The number of hydrazone groups is 1. The molecule has 0 heterocycles. The molecule has 0 atom stereocenters. The summed E-state index contributed by atoms with van der Waals surface area (Å²) in [6.45, 7) is 3.92. The Bertz CT molecular complexity index is 681. The van der Waals surface area contributed by atoms with Crippen molar-refractivity contribution in [2.75, 3.05) is 5.01 Å². The van der Waals surface area contributed by atoms with Crippen molar-refractivity contribution in [1.29, 1.82) is 0 Å². The van der Waals surface area contributed by atoms with Gasteiger partial charge in [-0.15, -0.1) is 0 Å². The number of aromatic hydroxyl groups is 1. The van der Waals surface area contributed by atoms with Gasteiger partial charge in [0.15, 0.2) is 0 Å². The van der Waals surface area contributed by atoms with Crippen molar-refractivity contribution >= 4 is 17.6 Å². The predicted octanol–water partition coefficient (Wildman–Crippen LogP) is 3.55. The Morgan fingerprint density at radius 1 is 1.18 bits per heavy atom. The largest absolute Gasteiger partial charge is 0.507 e. The summed E-state index contributed by atoms with van der Waals surface area (Å²) < 4.78 is 0. The zero-order valence-corrected chi connectivity index (χ0v) is 12.4. The number of rotatable bonds is 5. The van der Waals surface area contributed by atoms with Crippen LogP contribution < -0.4 is 5.01 Å². The standard InChI is InChI=1S/C16H17N3O3/c1-12(2)18(14-7-9-15(10-8-14)19(21)22)17-11-13-5-3-4-6-16(13)20/h3-12,20H,1-2H3/b17-11-. The molecule has 0 saturated carbocycles. The van der Waals surface area contributed by atoms with E-state index in [2.05, 4.69) is 5.10 Å². The van der Waals surface area contributed by atoms with E-state index in [9.17, 15) is 15.2 Å². The Balaban J connectivity index is 2.27. The summed E-state index contributed by atoms with van der Waals surface area (Å²) in [5, 5.41) is 26.6. The number of anilines is 1. The lowest BCUT2D eigenvalue weighted by Crippen LogP contribution is -2.25. The number of nitrogens with zero attached hydrogens (tertiary/aromatic N) is 3. The normalized spacial score (nSPS) is 11.0. The SMILES string of the molecule is CC(C)N(/N=C\c1ccccc1O)c1ccc([N+](=O)[O-])cc1. The first-order valence-corrected chi connectivity index (χ1v) is 6.84. The van der Waals surface area contributed by atoms with Crippen LogP contribution >= 0.6 is 0 Å². The fraction of sp³-hybridized carbons (Fsp3) is 0.188. The maximum atomic E-state index is 10.7. The van der Waals surface area contributed by atoms with E-state index in [-0.39, 0.29) is 17.5 Å². The van der Waals surface area contributed by atoms with Crippen molar-refractivity contribution in [1.82, 2.24) is 0 Å². The fourth-order valence-electron chi connectivity index (χ4n) is 1.95.